The number of carbonyl (C=O) groups excluding carboxylic acids is 4. The van der Waals surface area contributed by atoms with Crippen molar-refractivity contribution in [1.82, 2.24) is 15.5 Å². The summed E-state index contributed by atoms with van der Waals surface area (Å²) in [5.41, 5.74) is -0.667. The first-order valence-electron chi connectivity index (χ1n) is 9.73. The van der Waals surface area contributed by atoms with Crippen LogP contribution in [-0.2, 0) is 23.9 Å². The molecule has 2 saturated heterocycles. The van der Waals surface area contributed by atoms with Crippen molar-refractivity contribution in [2.45, 2.75) is 64.6 Å². The lowest BCUT2D eigenvalue weighted by Gasteiger charge is -2.46. The summed E-state index contributed by atoms with van der Waals surface area (Å²) in [6.45, 7) is 8.21. The zero-order valence-corrected chi connectivity index (χ0v) is 17.2. The minimum absolute atomic E-state index is 0.0133. The van der Waals surface area contributed by atoms with E-state index in [4.69, 9.17) is 9.47 Å². The van der Waals surface area contributed by atoms with Gasteiger partial charge in [0.25, 0.3) is 0 Å². The Morgan fingerprint density at radius 1 is 1.32 bits per heavy atom. The van der Waals surface area contributed by atoms with Crippen molar-refractivity contribution in [2.75, 3.05) is 20.2 Å². The van der Waals surface area contributed by atoms with Crippen LogP contribution in [0.25, 0.3) is 0 Å². The van der Waals surface area contributed by atoms with E-state index >= 15 is 0 Å². The third kappa shape index (κ3) is 5.14. The molecule has 0 unspecified atom stereocenters. The van der Waals surface area contributed by atoms with Crippen LogP contribution in [0.5, 0.6) is 0 Å². The third-order valence-corrected chi connectivity index (χ3v) is 5.12. The molecule has 2 aliphatic rings. The average Bonchev–Trinajstić information content (AvgIpc) is 2.96. The van der Waals surface area contributed by atoms with Gasteiger partial charge in [0.05, 0.1) is 7.11 Å². The van der Waals surface area contributed by atoms with E-state index < -0.39 is 35.7 Å². The molecule has 2 aliphatic heterocycles. The van der Waals surface area contributed by atoms with E-state index in [2.05, 4.69) is 10.6 Å². The van der Waals surface area contributed by atoms with Gasteiger partial charge in [-0.25, -0.2) is 9.59 Å². The number of hydrogen-bond donors (Lipinski definition) is 2. The molecule has 0 aliphatic carbocycles. The van der Waals surface area contributed by atoms with Gasteiger partial charge in [-0.3, -0.25) is 14.5 Å². The molecule has 158 valence electrons. The molecule has 2 rings (SSSR count). The lowest BCUT2D eigenvalue weighted by molar-refractivity contribution is -0.148. The van der Waals surface area contributed by atoms with E-state index in [1.54, 1.807) is 20.8 Å². The number of rotatable bonds is 6. The standard InChI is InChI=1S/C19H31N3O6/c1-6-11-10-22(18(26)28-19(2,3)4)14(11)16(24)21-13(17(25)27-5)9-12-7-8-20-15(12)23/h11-14H,6-10H2,1-5H3,(H,20,23)(H,21,24)/t11-,12-,13-,14-/m0/s1. The minimum Gasteiger partial charge on any atom is -0.467 e. The molecule has 0 aromatic heterocycles. The minimum atomic E-state index is -0.940. The number of ether oxygens (including phenoxy) is 2. The number of nitrogens with zero attached hydrogens (tertiary/aromatic N) is 1. The Morgan fingerprint density at radius 3 is 2.50 bits per heavy atom. The molecular weight excluding hydrogens is 366 g/mol. The Hall–Kier alpha value is -2.32. The normalized spacial score (nSPS) is 25.4. The van der Waals surface area contributed by atoms with Crippen LogP contribution in [0.1, 0.15) is 47.0 Å². The third-order valence-electron chi connectivity index (χ3n) is 5.12. The molecule has 9 nitrogen and oxygen atoms in total. The van der Waals surface area contributed by atoms with Gasteiger partial charge in [0.15, 0.2) is 0 Å². The maximum atomic E-state index is 12.9. The van der Waals surface area contributed by atoms with E-state index in [1.807, 2.05) is 6.92 Å². The number of hydrogen-bond acceptors (Lipinski definition) is 6. The predicted molar refractivity (Wildman–Crippen MR) is 100 cm³/mol. The van der Waals surface area contributed by atoms with Crippen LogP contribution in [0.4, 0.5) is 4.79 Å². The molecule has 0 spiro atoms. The molecular formula is C19H31N3O6. The van der Waals surface area contributed by atoms with Crippen molar-refractivity contribution < 1.29 is 28.7 Å². The molecule has 3 amide bonds. The number of esters is 1. The molecule has 0 aromatic carbocycles. The van der Waals surface area contributed by atoms with E-state index in [0.717, 1.165) is 0 Å². The topological polar surface area (TPSA) is 114 Å². The molecule has 0 bridgehead atoms. The van der Waals surface area contributed by atoms with Crippen LogP contribution < -0.4 is 10.6 Å². The van der Waals surface area contributed by atoms with Crippen molar-refractivity contribution >= 4 is 23.9 Å². The summed E-state index contributed by atoms with van der Waals surface area (Å²) >= 11 is 0. The summed E-state index contributed by atoms with van der Waals surface area (Å²) < 4.78 is 10.2. The monoisotopic (exact) mass is 397 g/mol. The second-order valence-corrected chi connectivity index (χ2v) is 8.34. The van der Waals surface area contributed by atoms with Crippen molar-refractivity contribution in [3.05, 3.63) is 0 Å². The van der Waals surface area contributed by atoms with Gasteiger partial charge in [-0.15, -0.1) is 0 Å². The van der Waals surface area contributed by atoms with Gasteiger partial charge in [-0.1, -0.05) is 6.92 Å². The molecule has 0 saturated carbocycles. The molecule has 2 fully saturated rings. The van der Waals surface area contributed by atoms with Crippen LogP contribution in [0.2, 0.25) is 0 Å². The van der Waals surface area contributed by atoms with Gasteiger partial charge in [-0.05, 0) is 40.0 Å². The average molecular weight is 397 g/mol. The van der Waals surface area contributed by atoms with Gasteiger partial charge in [0.1, 0.15) is 17.7 Å². The maximum absolute atomic E-state index is 12.9. The molecule has 2 N–H and O–H groups in total. The van der Waals surface area contributed by atoms with E-state index in [0.29, 0.717) is 25.9 Å². The fraction of sp³-hybridized carbons (Fsp3) is 0.789. The highest BCUT2D eigenvalue weighted by atomic mass is 16.6. The first-order chi connectivity index (χ1) is 13.1. The number of likely N-dealkylation sites (tertiary alicyclic amines) is 1. The van der Waals surface area contributed by atoms with Crippen molar-refractivity contribution in [1.29, 1.82) is 0 Å². The molecule has 28 heavy (non-hydrogen) atoms. The Kier molecular flexibility index (Phi) is 6.90. The van der Waals surface area contributed by atoms with Gasteiger partial charge in [-0.2, -0.15) is 0 Å². The van der Waals surface area contributed by atoms with E-state index in [-0.39, 0.29) is 24.2 Å². The largest absolute Gasteiger partial charge is 0.467 e. The fourth-order valence-corrected chi connectivity index (χ4v) is 3.57. The molecule has 0 aromatic rings. The lowest BCUT2D eigenvalue weighted by Crippen LogP contribution is -2.66. The van der Waals surface area contributed by atoms with E-state index in [9.17, 15) is 19.2 Å². The highest BCUT2D eigenvalue weighted by molar-refractivity contribution is 5.91. The summed E-state index contributed by atoms with van der Waals surface area (Å²) in [6.07, 6.45) is 0.931. The van der Waals surface area contributed by atoms with Crippen molar-refractivity contribution in [3.8, 4) is 0 Å². The molecule has 9 heteroatoms. The zero-order valence-electron chi connectivity index (χ0n) is 17.2. The van der Waals surface area contributed by atoms with E-state index in [1.165, 1.54) is 12.0 Å². The van der Waals surface area contributed by atoms with Gasteiger partial charge in [0, 0.05) is 24.9 Å². The summed E-state index contributed by atoms with van der Waals surface area (Å²) in [4.78, 5) is 50.7. The van der Waals surface area contributed by atoms with Crippen LogP contribution in [-0.4, -0.2) is 66.7 Å². The Labute approximate surface area is 165 Å². The van der Waals surface area contributed by atoms with Crippen molar-refractivity contribution in [2.24, 2.45) is 11.8 Å². The van der Waals surface area contributed by atoms with Crippen LogP contribution in [0, 0.1) is 11.8 Å². The SMILES string of the molecule is CC[C@H]1CN(C(=O)OC(C)(C)C)[C@@H]1C(=O)N[C@@H](C[C@@H]1CCNC1=O)C(=O)OC. The van der Waals surface area contributed by atoms with Gasteiger partial charge < -0.3 is 20.1 Å². The second kappa shape index (κ2) is 8.79. The predicted octanol–water partition coefficient (Wildman–Crippen LogP) is 0.816. The number of nitrogens with one attached hydrogen (secondary N) is 2. The quantitative estimate of drug-likeness (QED) is 0.642. The summed E-state index contributed by atoms with van der Waals surface area (Å²) in [5.74, 6) is -1.54. The second-order valence-electron chi connectivity index (χ2n) is 8.34. The van der Waals surface area contributed by atoms with Crippen LogP contribution in [0.3, 0.4) is 0 Å². The number of methoxy groups -OCH3 is 1. The molecule has 2 heterocycles. The summed E-state index contributed by atoms with van der Waals surface area (Å²) in [6, 6.07) is -1.64. The zero-order chi connectivity index (χ0) is 21.1. The smallest absolute Gasteiger partial charge is 0.410 e. The maximum Gasteiger partial charge on any atom is 0.410 e. The number of amides is 3. The first-order valence-corrected chi connectivity index (χ1v) is 9.73. The van der Waals surface area contributed by atoms with Gasteiger partial charge >= 0.3 is 12.1 Å². The first kappa shape index (κ1) is 22.0. The Bertz CT molecular complexity index is 630. The van der Waals surface area contributed by atoms with Crippen LogP contribution in [0.15, 0.2) is 0 Å². The van der Waals surface area contributed by atoms with Gasteiger partial charge in [0.2, 0.25) is 11.8 Å². The Morgan fingerprint density at radius 2 is 2.00 bits per heavy atom. The lowest BCUT2D eigenvalue weighted by atomic mass is 9.85. The molecule has 4 atom stereocenters. The highest BCUT2D eigenvalue weighted by Gasteiger charge is 2.48. The number of carbonyl (C=O) groups is 4. The van der Waals surface area contributed by atoms with Crippen molar-refractivity contribution in [3.63, 3.8) is 0 Å². The molecule has 0 radical (unpaired) electrons. The Balaban J connectivity index is 2.07. The highest BCUT2D eigenvalue weighted by Crippen LogP contribution is 2.30. The van der Waals surface area contributed by atoms with Crippen LogP contribution >= 0.6 is 0 Å². The fourth-order valence-electron chi connectivity index (χ4n) is 3.57. The summed E-state index contributed by atoms with van der Waals surface area (Å²) in [5, 5.41) is 5.40. The summed E-state index contributed by atoms with van der Waals surface area (Å²) in [7, 11) is 1.24.